The summed E-state index contributed by atoms with van der Waals surface area (Å²) in [6.07, 6.45) is 1.77. The molecule has 0 spiro atoms. The number of nitrogens with two attached hydrogens (primary N) is 1. The molecule has 5 N–H and O–H groups in total. The van der Waals surface area contributed by atoms with Crippen LogP contribution < -0.4 is 16.4 Å². The average Bonchev–Trinajstić information content (AvgIpc) is 3.03. The predicted molar refractivity (Wildman–Crippen MR) is 99.5 cm³/mol. The molecule has 2 aromatic heterocycles. The van der Waals surface area contributed by atoms with E-state index >= 15 is 0 Å². The van der Waals surface area contributed by atoms with Crippen molar-refractivity contribution in [2.24, 2.45) is 0 Å². The van der Waals surface area contributed by atoms with Crippen LogP contribution in [0.3, 0.4) is 0 Å². The molecule has 3 aromatic rings. The summed E-state index contributed by atoms with van der Waals surface area (Å²) in [5.74, 6) is 1.16. The Hall–Kier alpha value is -2.87. The Morgan fingerprint density at radius 3 is 2.60 bits per heavy atom. The maximum Gasteiger partial charge on any atom is 0.226 e. The van der Waals surface area contributed by atoms with Gasteiger partial charge in [0.1, 0.15) is 5.82 Å². The van der Waals surface area contributed by atoms with Crippen molar-refractivity contribution in [3.63, 3.8) is 0 Å². The molecule has 0 saturated carbocycles. The number of hydrogen-bond donors (Lipinski definition) is 4. The molecule has 1 aromatic carbocycles. The normalized spacial score (nSPS) is 11.2. The van der Waals surface area contributed by atoms with Crippen LogP contribution in [0, 0.1) is 0 Å². The van der Waals surface area contributed by atoms with Gasteiger partial charge in [-0.3, -0.25) is 0 Å². The van der Waals surface area contributed by atoms with Crippen molar-refractivity contribution in [3.05, 3.63) is 36.0 Å². The molecule has 0 aliphatic heterocycles. The van der Waals surface area contributed by atoms with Crippen molar-refractivity contribution >= 4 is 28.5 Å². The fraction of sp³-hybridized carbons (Fsp3) is 0.353. The van der Waals surface area contributed by atoms with E-state index in [1.54, 1.807) is 6.20 Å². The fourth-order valence-electron chi connectivity index (χ4n) is 2.51. The number of nitrogen functional groups attached to an aromatic ring is 1. The summed E-state index contributed by atoms with van der Waals surface area (Å²) in [7, 11) is 0. The second kappa shape index (κ2) is 7.35. The first-order valence-electron chi connectivity index (χ1n) is 8.26. The monoisotopic (exact) mass is 341 g/mol. The Kier molecular flexibility index (Phi) is 4.99. The van der Waals surface area contributed by atoms with Gasteiger partial charge < -0.3 is 21.5 Å². The van der Waals surface area contributed by atoms with Crippen molar-refractivity contribution in [2.45, 2.75) is 26.4 Å². The van der Waals surface area contributed by atoms with Crippen molar-refractivity contribution in [2.75, 3.05) is 29.5 Å². The number of nitrogens with zero attached hydrogens (tertiary/aromatic N) is 4. The first-order chi connectivity index (χ1) is 12.1. The minimum Gasteiger partial charge on any atom is -0.399 e. The molecule has 8 nitrogen and oxygen atoms in total. The molecule has 0 radical (unpaired) electrons. The number of anilines is 3. The molecular formula is C17H23N7O. The van der Waals surface area contributed by atoms with Crippen LogP contribution in [0.4, 0.5) is 17.5 Å². The van der Waals surface area contributed by atoms with E-state index in [0.717, 1.165) is 22.3 Å². The van der Waals surface area contributed by atoms with E-state index in [4.69, 9.17) is 10.8 Å². The van der Waals surface area contributed by atoms with Crippen molar-refractivity contribution in [3.8, 4) is 0 Å². The highest BCUT2D eigenvalue weighted by atomic mass is 16.3. The topological polar surface area (TPSA) is 114 Å². The summed E-state index contributed by atoms with van der Waals surface area (Å²) < 4.78 is 1.86. The van der Waals surface area contributed by atoms with Crippen LogP contribution in [-0.2, 0) is 6.54 Å². The zero-order chi connectivity index (χ0) is 17.8. The summed E-state index contributed by atoms with van der Waals surface area (Å²) >= 11 is 0. The number of nitrogens with one attached hydrogen (secondary N) is 2. The van der Waals surface area contributed by atoms with Gasteiger partial charge in [-0.15, -0.1) is 0 Å². The number of aliphatic hydroxyl groups is 1. The maximum absolute atomic E-state index is 9.03. The lowest BCUT2D eigenvalue weighted by molar-refractivity contribution is 0.311. The summed E-state index contributed by atoms with van der Waals surface area (Å²) in [6, 6.07) is 7.88. The molecule has 0 fully saturated rings. The summed E-state index contributed by atoms with van der Waals surface area (Å²) in [5.41, 5.74) is 8.32. The molecule has 0 aliphatic carbocycles. The van der Waals surface area contributed by atoms with Crippen LogP contribution >= 0.6 is 0 Å². The van der Waals surface area contributed by atoms with Crippen LogP contribution in [0.2, 0.25) is 0 Å². The van der Waals surface area contributed by atoms with Gasteiger partial charge in [0.25, 0.3) is 0 Å². The van der Waals surface area contributed by atoms with Crippen LogP contribution in [0.5, 0.6) is 0 Å². The average molecular weight is 341 g/mol. The minimum atomic E-state index is 0.0129. The Balaban J connectivity index is 1.92. The molecule has 2 heterocycles. The van der Waals surface area contributed by atoms with E-state index < -0.39 is 0 Å². The Morgan fingerprint density at radius 1 is 1.16 bits per heavy atom. The molecule has 0 amide bonds. The van der Waals surface area contributed by atoms with Crippen LogP contribution in [0.25, 0.3) is 11.0 Å². The predicted octanol–water partition coefficient (Wildman–Crippen LogP) is 2.01. The Labute approximate surface area is 146 Å². The molecular weight excluding hydrogens is 318 g/mol. The quantitative estimate of drug-likeness (QED) is 0.486. The smallest absolute Gasteiger partial charge is 0.226 e. The number of aliphatic hydroxyl groups excluding tert-OH is 1. The van der Waals surface area contributed by atoms with Gasteiger partial charge in [0.15, 0.2) is 5.65 Å². The van der Waals surface area contributed by atoms with E-state index in [1.165, 1.54) is 0 Å². The minimum absolute atomic E-state index is 0.0129. The van der Waals surface area contributed by atoms with E-state index in [1.807, 2.05) is 28.9 Å². The fourth-order valence-corrected chi connectivity index (χ4v) is 2.51. The highest BCUT2D eigenvalue weighted by molar-refractivity contribution is 5.87. The zero-order valence-corrected chi connectivity index (χ0v) is 14.4. The third-order valence-electron chi connectivity index (χ3n) is 3.78. The zero-order valence-electron chi connectivity index (χ0n) is 14.4. The molecule has 8 heteroatoms. The van der Waals surface area contributed by atoms with Crippen molar-refractivity contribution in [1.82, 2.24) is 19.7 Å². The highest BCUT2D eigenvalue weighted by Crippen LogP contribution is 2.24. The molecule has 132 valence electrons. The maximum atomic E-state index is 9.03. The van der Waals surface area contributed by atoms with Gasteiger partial charge in [-0.05, 0) is 31.5 Å². The summed E-state index contributed by atoms with van der Waals surface area (Å²) in [6.45, 7) is 5.12. The highest BCUT2D eigenvalue weighted by Gasteiger charge is 2.14. The SMILES string of the molecule is CC(C)n1ncc2c(NCc3ccc(N)cc3)nc(NCCO)nc21. The van der Waals surface area contributed by atoms with Crippen LogP contribution in [-0.4, -0.2) is 38.0 Å². The number of hydrogen-bond acceptors (Lipinski definition) is 7. The second-order valence-electron chi connectivity index (χ2n) is 6.06. The van der Waals surface area contributed by atoms with Crippen molar-refractivity contribution < 1.29 is 5.11 Å². The van der Waals surface area contributed by atoms with Gasteiger partial charge in [0.05, 0.1) is 18.2 Å². The molecule has 0 atom stereocenters. The largest absolute Gasteiger partial charge is 0.399 e. The summed E-state index contributed by atoms with van der Waals surface area (Å²) in [5, 5.41) is 20.7. The van der Waals surface area contributed by atoms with Gasteiger partial charge in [-0.2, -0.15) is 15.1 Å². The number of rotatable bonds is 7. The molecule has 0 bridgehead atoms. The Bertz CT molecular complexity index is 842. The van der Waals surface area contributed by atoms with Crippen LogP contribution in [0.1, 0.15) is 25.5 Å². The van der Waals surface area contributed by atoms with Crippen molar-refractivity contribution in [1.29, 1.82) is 0 Å². The van der Waals surface area contributed by atoms with Gasteiger partial charge in [0.2, 0.25) is 5.95 Å². The third kappa shape index (κ3) is 3.80. The number of aromatic nitrogens is 4. The molecule has 0 aliphatic rings. The van der Waals surface area contributed by atoms with E-state index in [-0.39, 0.29) is 12.6 Å². The lowest BCUT2D eigenvalue weighted by Gasteiger charge is -2.12. The summed E-state index contributed by atoms with van der Waals surface area (Å²) in [4.78, 5) is 9.05. The standard InChI is InChI=1S/C17H23N7O/c1-11(2)24-16-14(10-21-24)15(22-17(23-16)19-7-8-25)20-9-12-3-5-13(18)6-4-12/h3-6,10-11,25H,7-9,18H2,1-2H3,(H2,19,20,22,23). The van der Waals surface area contributed by atoms with Gasteiger partial charge in [0, 0.05) is 24.8 Å². The molecule has 3 rings (SSSR count). The molecule has 25 heavy (non-hydrogen) atoms. The van der Waals surface area contributed by atoms with E-state index in [9.17, 15) is 0 Å². The van der Waals surface area contributed by atoms with Gasteiger partial charge in [-0.1, -0.05) is 12.1 Å². The molecule has 0 saturated heterocycles. The second-order valence-corrected chi connectivity index (χ2v) is 6.06. The molecule has 0 unspecified atom stereocenters. The van der Waals surface area contributed by atoms with E-state index in [2.05, 4.69) is 39.5 Å². The van der Waals surface area contributed by atoms with Crippen LogP contribution in [0.15, 0.2) is 30.5 Å². The van der Waals surface area contributed by atoms with E-state index in [0.29, 0.717) is 24.9 Å². The lowest BCUT2D eigenvalue weighted by atomic mass is 10.2. The number of benzene rings is 1. The first-order valence-corrected chi connectivity index (χ1v) is 8.26. The Morgan fingerprint density at radius 2 is 1.92 bits per heavy atom. The van der Waals surface area contributed by atoms with Gasteiger partial charge in [-0.25, -0.2) is 4.68 Å². The van der Waals surface area contributed by atoms with Gasteiger partial charge >= 0.3 is 0 Å². The lowest BCUT2D eigenvalue weighted by Crippen LogP contribution is -2.12. The first kappa shape index (κ1) is 17.0. The number of fused-ring (bicyclic) bond motifs is 1. The third-order valence-corrected chi connectivity index (χ3v) is 3.78.